The monoisotopic (exact) mass is 389 g/mol. The molecule has 0 radical (unpaired) electrons. The molecule has 0 aromatic carbocycles. The summed E-state index contributed by atoms with van der Waals surface area (Å²) >= 11 is 1.38. The molecular weight excluding hydrogens is 370 g/mol. The molecule has 2 heterocycles. The lowest BCUT2D eigenvalue weighted by Gasteiger charge is -2.11. The first-order valence-electron chi connectivity index (χ1n) is 8.49. The average molecular weight is 389 g/mol. The summed E-state index contributed by atoms with van der Waals surface area (Å²) in [6.07, 6.45) is 7.84. The highest BCUT2D eigenvalue weighted by Gasteiger charge is 2.27. The molecule has 8 heteroatoms. The fourth-order valence-corrected chi connectivity index (χ4v) is 4.15. The summed E-state index contributed by atoms with van der Waals surface area (Å²) < 4.78 is 14.8. The Bertz CT molecular complexity index is 865. The lowest BCUT2D eigenvalue weighted by molar-refractivity contribution is -0.142. The zero-order valence-corrected chi connectivity index (χ0v) is 15.6. The summed E-state index contributed by atoms with van der Waals surface area (Å²) in [5.74, 6) is -1.15. The van der Waals surface area contributed by atoms with Crippen LogP contribution in [0.5, 0.6) is 0 Å². The van der Waals surface area contributed by atoms with E-state index < -0.39 is 24.5 Å². The van der Waals surface area contributed by atoms with Crippen molar-refractivity contribution in [3.63, 3.8) is 0 Å². The van der Waals surface area contributed by atoms with Gasteiger partial charge in [0.1, 0.15) is 10.8 Å². The second-order valence-electron chi connectivity index (χ2n) is 5.91. The summed E-state index contributed by atoms with van der Waals surface area (Å²) in [4.78, 5) is 37.1. The van der Waals surface area contributed by atoms with Crippen LogP contribution in [0.3, 0.4) is 0 Å². The molecule has 0 aliphatic heterocycles. The van der Waals surface area contributed by atoms with Gasteiger partial charge in [0.15, 0.2) is 6.61 Å². The van der Waals surface area contributed by atoms with E-state index in [4.69, 9.17) is 13.9 Å². The maximum absolute atomic E-state index is 12.1. The van der Waals surface area contributed by atoms with Gasteiger partial charge in [-0.3, -0.25) is 4.79 Å². The smallest absolute Gasteiger partial charge is 0.341 e. The first-order valence-corrected chi connectivity index (χ1v) is 9.31. The highest BCUT2D eigenvalue weighted by atomic mass is 32.1. The van der Waals surface area contributed by atoms with E-state index in [9.17, 15) is 14.4 Å². The number of esters is 2. The average Bonchev–Trinajstić information content (AvgIpc) is 3.31. The van der Waals surface area contributed by atoms with Crippen molar-refractivity contribution >= 4 is 40.3 Å². The van der Waals surface area contributed by atoms with Crippen molar-refractivity contribution in [1.82, 2.24) is 0 Å². The molecule has 1 N–H and O–H groups in total. The number of rotatable bonds is 6. The first kappa shape index (κ1) is 18.9. The van der Waals surface area contributed by atoms with Crippen LogP contribution in [-0.4, -0.2) is 31.6 Å². The van der Waals surface area contributed by atoms with Crippen molar-refractivity contribution in [3.8, 4) is 0 Å². The van der Waals surface area contributed by atoms with Crippen LogP contribution < -0.4 is 5.32 Å². The summed E-state index contributed by atoms with van der Waals surface area (Å²) in [6, 6.07) is 3.38. The molecule has 0 unspecified atom stereocenters. The topological polar surface area (TPSA) is 94.8 Å². The normalized spacial score (nSPS) is 13.2. The molecule has 0 atom stereocenters. The molecule has 1 aliphatic rings. The van der Waals surface area contributed by atoms with Gasteiger partial charge < -0.3 is 19.2 Å². The van der Waals surface area contributed by atoms with Crippen molar-refractivity contribution in [2.75, 3.05) is 19.0 Å². The van der Waals surface area contributed by atoms with Crippen molar-refractivity contribution < 1.29 is 28.3 Å². The predicted molar refractivity (Wildman–Crippen MR) is 99.6 cm³/mol. The summed E-state index contributed by atoms with van der Waals surface area (Å²) in [7, 11) is 1.31. The van der Waals surface area contributed by atoms with E-state index in [-0.39, 0.29) is 0 Å². The molecule has 1 amide bonds. The van der Waals surface area contributed by atoms with Crippen molar-refractivity contribution in [1.29, 1.82) is 0 Å². The van der Waals surface area contributed by atoms with Gasteiger partial charge in [0, 0.05) is 11.0 Å². The fraction of sp³-hybridized carbons (Fsp3) is 0.316. The number of anilines is 1. The van der Waals surface area contributed by atoms with Crippen LogP contribution in [0.25, 0.3) is 6.08 Å². The van der Waals surface area contributed by atoms with Crippen LogP contribution in [0.1, 0.15) is 39.4 Å². The number of aryl methyl sites for hydroxylation is 1. The molecule has 0 saturated heterocycles. The Morgan fingerprint density at radius 2 is 2.11 bits per heavy atom. The Labute approximate surface area is 160 Å². The van der Waals surface area contributed by atoms with Crippen LogP contribution in [0.4, 0.5) is 5.00 Å². The number of ether oxygens (including phenoxy) is 2. The third-order valence-electron chi connectivity index (χ3n) is 4.09. The maximum atomic E-state index is 12.1. The fourth-order valence-electron chi connectivity index (χ4n) is 2.86. The van der Waals surface area contributed by atoms with Crippen LogP contribution >= 0.6 is 11.3 Å². The lowest BCUT2D eigenvalue weighted by Crippen LogP contribution is -2.21. The molecule has 2 aromatic heterocycles. The largest absolute Gasteiger partial charge is 0.465 e. The molecule has 142 valence electrons. The number of furan rings is 1. The molecule has 0 spiro atoms. The summed E-state index contributed by atoms with van der Waals surface area (Å²) in [5, 5.41) is 3.11. The minimum Gasteiger partial charge on any atom is -0.465 e. The minimum absolute atomic E-state index is 0.412. The second kappa shape index (κ2) is 8.68. The molecule has 27 heavy (non-hydrogen) atoms. The van der Waals surface area contributed by atoms with Crippen LogP contribution in [0.15, 0.2) is 28.9 Å². The van der Waals surface area contributed by atoms with E-state index in [2.05, 4.69) is 5.32 Å². The minimum atomic E-state index is -0.666. The third-order valence-corrected chi connectivity index (χ3v) is 5.29. The zero-order chi connectivity index (χ0) is 19.2. The number of hydrogen-bond donors (Lipinski definition) is 1. The quantitative estimate of drug-likeness (QED) is 0.602. The van der Waals surface area contributed by atoms with Gasteiger partial charge in [0.25, 0.3) is 5.91 Å². The first-order chi connectivity index (χ1) is 13.1. The molecule has 1 aliphatic carbocycles. The van der Waals surface area contributed by atoms with E-state index >= 15 is 0 Å². The van der Waals surface area contributed by atoms with E-state index in [1.165, 1.54) is 36.9 Å². The third kappa shape index (κ3) is 4.65. The maximum Gasteiger partial charge on any atom is 0.341 e. The van der Waals surface area contributed by atoms with E-state index in [1.807, 2.05) is 0 Å². The molecule has 7 nitrogen and oxygen atoms in total. The Morgan fingerprint density at radius 3 is 2.85 bits per heavy atom. The van der Waals surface area contributed by atoms with Gasteiger partial charge in [-0.05, 0) is 49.5 Å². The standard InChI is InChI=1S/C19H19NO6S/c1-24-19(23)17-13-6-2-3-7-14(13)27-18(17)20-15(21)11-26-16(22)9-8-12-5-4-10-25-12/h4-5,8-10H,2-3,6-7,11H2,1H3,(H,20,21)/b9-8+. The van der Waals surface area contributed by atoms with Gasteiger partial charge in [-0.15, -0.1) is 11.3 Å². The summed E-state index contributed by atoms with van der Waals surface area (Å²) in [6.45, 7) is -0.454. The molecule has 0 saturated carbocycles. The molecular formula is C19H19NO6S. The van der Waals surface area contributed by atoms with Crippen molar-refractivity contribution in [2.45, 2.75) is 25.7 Å². The van der Waals surface area contributed by atoms with Crippen molar-refractivity contribution in [3.05, 3.63) is 46.2 Å². The highest BCUT2D eigenvalue weighted by Crippen LogP contribution is 2.38. The Hall–Kier alpha value is -2.87. The number of carbonyl (C=O) groups excluding carboxylic acids is 3. The predicted octanol–water partition coefficient (Wildman–Crippen LogP) is 3.20. The van der Waals surface area contributed by atoms with Gasteiger partial charge in [-0.2, -0.15) is 0 Å². The van der Waals surface area contributed by atoms with Crippen LogP contribution in [0, 0.1) is 0 Å². The summed E-state index contributed by atoms with van der Waals surface area (Å²) in [5.41, 5.74) is 1.36. The highest BCUT2D eigenvalue weighted by molar-refractivity contribution is 7.17. The second-order valence-corrected chi connectivity index (χ2v) is 7.02. The zero-order valence-electron chi connectivity index (χ0n) is 14.8. The molecule has 3 rings (SSSR count). The Kier molecular flexibility index (Phi) is 6.08. The molecule has 0 bridgehead atoms. The number of nitrogens with one attached hydrogen (secondary N) is 1. The van der Waals surface area contributed by atoms with Gasteiger partial charge >= 0.3 is 11.9 Å². The van der Waals surface area contributed by atoms with E-state index in [0.29, 0.717) is 16.3 Å². The number of methoxy groups -OCH3 is 1. The van der Waals surface area contributed by atoms with E-state index in [0.717, 1.165) is 36.1 Å². The number of hydrogen-bond acceptors (Lipinski definition) is 7. The number of amides is 1. The Morgan fingerprint density at radius 1 is 1.30 bits per heavy atom. The van der Waals surface area contributed by atoms with Gasteiger partial charge in [-0.25, -0.2) is 9.59 Å². The molecule has 2 aromatic rings. The van der Waals surface area contributed by atoms with Gasteiger partial charge in [0.05, 0.1) is 18.9 Å². The lowest BCUT2D eigenvalue weighted by atomic mass is 9.95. The SMILES string of the molecule is COC(=O)c1c(NC(=O)COC(=O)/C=C/c2ccco2)sc2c1CCCC2. The Balaban J connectivity index is 1.61. The van der Waals surface area contributed by atoms with Gasteiger partial charge in [0.2, 0.25) is 0 Å². The number of thiophene rings is 1. The van der Waals surface area contributed by atoms with Crippen molar-refractivity contribution in [2.24, 2.45) is 0 Å². The number of carbonyl (C=O) groups is 3. The van der Waals surface area contributed by atoms with Gasteiger partial charge in [-0.1, -0.05) is 0 Å². The van der Waals surface area contributed by atoms with Crippen LogP contribution in [-0.2, 0) is 31.9 Å². The van der Waals surface area contributed by atoms with Crippen LogP contribution in [0.2, 0.25) is 0 Å². The molecule has 0 fully saturated rings. The number of fused-ring (bicyclic) bond motifs is 1. The van der Waals surface area contributed by atoms with E-state index in [1.54, 1.807) is 12.1 Å².